The summed E-state index contributed by atoms with van der Waals surface area (Å²) in [6.45, 7) is 7.49. The SMILES string of the molecule is Cc1cc(=O)c(C(=O)NC(C)(CN)C(C)C)nn1-c1ccccc1F.Cl. The lowest BCUT2D eigenvalue weighted by Gasteiger charge is -2.33. The van der Waals surface area contributed by atoms with Crippen LogP contribution in [0.1, 0.15) is 37.0 Å². The second-order valence-electron chi connectivity index (χ2n) is 6.59. The van der Waals surface area contributed by atoms with Gasteiger partial charge in [0.2, 0.25) is 5.43 Å². The molecule has 0 spiro atoms. The van der Waals surface area contributed by atoms with Crippen LogP contribution >= 0.6 is 12.4 Å². The zero-order valence-corrected chi connectivity index (χ0v) is 16.1. The third kappa shape index (κ3) is 4.28. The minimum Gasteiger partial charge on any atom is -0.344 e. The summed E-state index contributed by atoms with van der Waals surface area (Å²) in [6.07, 6.45) is 0. The van der Waals surface area contributed by atoms with E-state index in [2.05, 4.69) is 10.4 Å². The highest BCUT2D eigenvalue weighted by Crippen LogP contribution is 2.16. The van der Waals surface area contributed by atoms with Crippen LogP contribution in [0.2, 0.25) is 0 Å². The van der Waals surface area contributed by atoms with E-state index in [1.807, 2.05) is 13.8 Å². The van der Waals surface area contributed by atoms with Crippen LogP contribution in [0, 0.1) is 18.7 Å². The molecule has 0 fully saturated rings. The molecule has 1 aromatic carbocycles. The first kappa shape index (κ1) is 21.8. The quantitative estimate of drug-likeness (QED) is 0.829. The van der Waals surface area contributed by atoms with Gasteiger partial charge in [0, 0.05) is 18.3 Å². The van der Waals surface area contributed by atoms with Gasteiger partial charge in [0.15, 0.2) is 5.69 Å². The highest BCUT2D eigenvalue weighted by atomic mass is 35.5. The van der Waals surface area contributed by atoms with Gasteiger partial charge in [-0.2, -0.15) is 5.10 Å². The van der Waals surface area contributed by atoms with E-state index in [9.17, 15) is 14.0 Å². The van der Waals surface area contributed by atoms with E-state index in [0.717, 1.165) is 0 Å². The topological polar surface area (TPSA) is 90.0 Å². The van der Waals surface area contributed by atoms with Crippen LogP contribution in [0.5, 0.6) is 0 Å². The number of rotatable bonds is 5. The van der Waals surface area contributed by atoms with E-state index in [0.29, 0.717) is 5.69 Å². The van der Waals surface area contributed by atoms with E-state index >= 15 is 0 Å². The van der Waals surface area contributed by atoms with Crippen molar-refractivity contribution in [3.63, 3.8) is 0 Å². The minimum atomic E-state index is -0.682. The summed E-state index contributed by atoms with van der Waals surface area (Å²) in [5, 5.41) is 6.87. The Morgan fingerprint density at radius 1 is 1.38 bits per heavy atom. The number of carbonyl (C=O) groups excluding carboxylic acids is 1. The molecule has 1 atom stereocenters. The second-order valence-corrected chi connectivity index (χ2v) is 6.59. The van der Waals surface area contributed by atoms with E-state index in [1.54, 1.807) is 26.0 Å². The van der Waals surface area contributed by atoms with Gasteiger partial charge in [-0.05, 0) is 31.9 Å². The summed E-state index contributed by atoms with van der Waals surface area (Å²) in [5.41, 5.74) is 4.86. The average molecular weight is 383 g/mol. The summed E-state index contributed by atoms with van der Waals surface area (Å²) in [7, 11) is 0. The molecule has 0 aliphatic rings. The number of carbonyl (C=O) groups is 1. The van der Waals surface area contributed by atoms with Gasteiger partial charge in [-0.15, -0.1) is 12.4 Å². The monoisotopic (exact) mass is 382 g/mol. The average Bonchev–Trinajstić information content (AvgIpc) is 2.55. The Morgan fingerprint density at radius 3 is 2.54 bits per heavy atom. The molecule has 1 unspecified atom stereocenters. The Balaban J connectivity index is 0.00000338. The number of para-hydroxylation sites is 1. The van der Waals surface area contributed by atoms with Crippen LogP contribution in [0.3, 0.4) is 0 Å². The normalized spacial score (nSPS) is 13.0. The molecule has 0 saturated heterocycles. The fourth-order valence-corrected chi connectivity index (χ4v) is 2.32. The van der Waals surface area contributed by atoms with Crippen molar-refractivity contribution < 1.29 is 9.18 Å². The zero-order valence-electron chi connectivity index (χ0n) is 15.2. The first-order chi connectivity index (χ1) is 11.7. The van der Waals surface area contributed by atoms with Crippen molar-refractivity contribution in [2.24, 2.45) is 11.7 Å². The molecule has 0 aliphatic heterocycles. The van der Waals surface area contributed by atoms with E-state index < -0.39 is 22.7 Å². The third-order valence-electron chi connectivity index (χ3n) is 4.50. The smallest absolute Gasteiger partial charge is 0.276 e. The van der Waals surface area contributed by atoms with Gasteiger partial charge in [0.05, 0.1) is 5.54 Å². The van der Waals surface area contributed by atoms with Crippen LogP contribution in [0.15, 0.2) is 35.1 Å². The Hall–Kier alpha value is -2.25. The summed E-state index contributed by atoms with van der Waals surface area (Å²) < 4.78 is 15.3. The lowest BCUT2D eigenvalue weighted by molar-refractivity contribution is 0.0875. The van der Waals surface area contributed by atoms with Crippen molar-refractivity contribution in [3.8, 4) is 5.69 Å². The molecule has 1 aromatic heterocycles. The van der Waals surface area contributed by atoms with Crippen molar-refractivity contribution in [1.82, 2.24) is 15.1 Å². The fraction of sp³-hybridized carbons (Fsp3) is 0.389. The first-order valence-electron chi connectivity index (χ1n) is 8.08. The largest absolute Gasteiger partial charge is 0.344 e. The third-order valence-corrected chi connectivity index (χ3v) is 4.50. The van der Waals surface area contributed by atoms with Crippen molar-refractivity contribution >= 4 is 18.3 Å². The van der Waals surface area contributed by atoms with Gasteiger partial charge in [0.1, 0.15) is 11.5 Å². The maximum atomic E-state index is 14.1. The zero-order chi connectivity index (χ0) is 18.8. The number of nitrogens with zero attached hydrogens (tertiary/aromatic N) is 2. The summed E-state index contributed by atoms with van der Waals surface area (Å²) >= 11 is 0. The molecule has 1 heterocycles. The number of benzene rings is 1. The number of aryl methyl sites for hydroxylation is 1. The maximum absolute atomic E-state index is 14.1. The van der Waals surface area contributed by atoms with E-state index in [-0.39, 0.29) is 36.3 Å². The van der Waals surface area contributed by atoms with Gasteiger partial charge in [0.25, 0.3) is 5.91 Å². The van der Waals surface area contributed by atoms with Gasteiger partial charge in [-0.1, -0.05) is 26.0 Å². The predicted molar refractivity (Wildman–Crippen MR) is 102 cm³/mol. The first-order valence-corrected chi connectivity index (χ1v) is 8.08. The van der Waals surface area contributed by atoms with Crippen molar-refractivity contribution in [3.05, 3.63) is 57.8 Å². The molecule has 0 saturated carbocycles. The predicted octanol–water partition coefficient (Wildman–Crippen LogP) is 2.21. The second kappa shape index (κ2) is 8.42. The maximum Gasteiger partial charge on any atom is 0.276 e. The van der Waals surface area contributed by atoms with E-state index in [4.69, 9.17) is 5.73 Å². The number of halogens is 2. The van der Waals surface area contributed by atoms with Crippen molar-refractivity contribution in [2.75, 3.05) is 6.54 Å². The summed E-state index contributed by atoms with van der Waals surface area (Å²) in [4.78, 5) is 24.8. The lowest BCUT2D eigenvalue weighted by atomic mass is 9.88. The lowest BCUT2D eigenvalue weighted by Crippen LogP contribution is -2.55. The molecule has 2 rings (SSSR count). The van der Waals surface area contributed by atoms with Gasteiger partial charge >= 0.3 is 0 Å². The van der Waals surface area contributed by atoms with Crippen LogP contribution in [0.4, 0.5) is 4.39 Å². The summed E-state index contributed by atoms with van der Waals surface area (Å²) in [6, 6.07) is 7.29. The van der Waals surface area contributed by atoms with Crippen LogP contribution in [-0.4, -0.2) is 27.8 Å². The van der Waals surface area contributed by atoms with Gasteiger partial charge < -0.3 is 11.1 Å². The molecule has 0 radical (unpaired) electrons. The fourth-order valence-electron chi connectivity index (χ4n) is 2.32. The van der Waals surface area contributed by atoms with Crippen LogP contribution in [-0.2, 0) is 0 Å². The van der Waals surface area contributed by atoms with Crippen LogP contribution in [0.25, 0.3) is 5.69 Å². The molecular weight excluding hydrogens is 359 g/mol. The molecule has 3 N–H and O–H groups in total. The molecule has 1 amide bonds. The minimum absolute atomic E-state index is 0. The van der Waals surface area contributed by atoms with E-state index in [1.165, 1.54) is 22.9 Å². The molecule has 0 bridgehead atoms. The molecule has 6 nitrogen and oxygen atoms in total. The molecule has 142 valence electrons. The number of hydrogen-bond donors (Lipinski definition) is 2. The number of nitrogens with one attached hydrogen (secondary N) is 1. The van der Waals surface area contributed by atoms with Gasteiger partial charge in [-0.3, -0.25) is 9.59 Å². The number of amides is 1. The van der Waals surface area contributed by atoms with Crippen molar-refractivity contribution in [1.29, 1.82) is 0 Å². The number of hydrogen-bond acceptors (Lipinski definition) is 4. The standard InChI is InChI=1S/C18H23FN4O2.ClH/c1-11(2)18(4,10-20)21-17(25)16-15(24)9-12(3)23(22-16)14-8-6-5-7-13(14)19;/h5-9,11H,10,20H2,1-4H3,(H,21,25);1H. The van der Waals surface area contributed by atoms with Crippen molar-refractivity contribution in [2.45, 2.75) is 33.2 Å². The Labute approximate surface area is 158 Å². The van der Waals surface area contributed by atoms with Gasteiger partial charge in [-0.25, -0.2) is 9.07 Å². The molecule has 8 heteroatoms. The Kier molecular flexibility index (Phi) is 7.06. The van der Waals surface area contributed by atoms with Crippen LogP contribution < -0.4 is 16.5 Å². The summed E-state index contributed by atoms with van der Waals surface area (Å²) in [5.74, 6) is -1.07. The molecular formula is C18H24ClFN4O2. The molecule has 26 heavy (non-hydrogen) atoms. The molecule has 2 aromatic rings. The highest BCUT2D eigenvalue weighted by Gasteiger charge is 2.30. The number of nitrogens with two attached hydrogens (primary N) is 1. The highest BCUT2D eigenvalue weighted by molar-refractivity contribution is 5.92. The number of aromatic nitrogens is 2. The molecule has 0 aliphatic carbocycles. The Morgan fingerprint density at radius 2 is 2.00 bits per heavy atom. The Bertz CT molecular complexity index is 853.